The van der Waals surface area contributed by atoms with E-state index in [1.54, 1.807) is 11.3 Å². The first-order valence-corrected chi connectivity index (χ1v) is 8.40. The molecule has 0 saturated carbocycles. The summed E-state index contributed by atoms with van der Waals surface area (Å²) in [5, 5.41) is 10.6. The van der Waals surface area contributed by atoms with E-state index < -0.39 is 0 Å². The summed E-state index contributed by atoms with van der Waals surface area (Å²) in [4.78, 5) is 24.3. The van der Waals surface area contributed by atoms with Gasteiger partial charge in [0.2, 0.25) is 5.91 Å². The molecular formula is C17H21N3O2S. The van der Waals surface area contributed by atoms with E-state index in [1.165, 1.54) is 6.92 Å². The van der Waals surface area contributed by atoms with Crippen molar-refractivity contribution in [1.29, 1.82) is 0 Å². The SMILES string of the molecule is CC[C@H](NC(=O)NCc1cccc(NC(C)=O)c1)c1cccs1. The Labute approximate surface area is 140 Å². The van der Waals surface area contributed by atoms with Crippen LogP contribution >= 0.6 is 11.3 Å². The molecule has 122 valence electrons. The van der Waals surface area contributed by atoms with Crippen LogP contribution in [0.3, 0.4) is 0 Å². The molecule has 0 bridgehead atoms. The number of urea groups is 1. The number of carbonyl (C=O) groups is 2. The molecular weight excluding hydrogens is 310 g/mol. The Morgan fingerprint density at radius 3 is 2.70 bits per heavy atom. The van der Waals surface area contributed by atoms with Crippen molar-refractivity contribution in [2.75, 3.05) is 5.32 Å². The summed E-state index contributed by atoms with van der Waals surface area (Å²) < 4.78 is 0. The van der Waals surface area contributed by atoms with E-state index in [-0.39, 0.29) is 18.0 Å². The number of anilines is 1. The van der Waals surface area contributed by atoms with Crippen LogP contribution in [-0.4, -0.2) is 11.9 Å². The van der Waals surface area contributed by atoms with Crippen molar-refractivity contribution in [3.63, 3.8) is 0 Å². The summed E-state index contributed by atoms with van der Waals surface area (Å²) in [6.45, 7) is 3.91. The summed E-state index contributed by atoms with van der Waals surface area (Å²) in [7, 11) is 0. The molecule has 1 heterocycles. The van der Waals surface area contributed by atoms with Crippen molar-refractivity contribution < 1.29 is 9.59 Å². The topological polar surface area (TPSA) is 70.2 Å². The molecule has 1 aromatic carbocycles. The zero-order chi connectivity index (χ0) is 16.7. The molecule has 2 aromatic rings. The zero-order valence-corrected chi connectivity index (χ0v) is 14.1. The van der Waals surface area contributed by atoms with Gasteiger partial charge >= 0.3 is 6.03 Å². The molecule has 0 unspecified atom stereocenters. The highest BCUT2D eigenvalue weighted by Gasteiger charge is 2.13. The van der Waals surface area contributed by atoms with Gasteiger partial charge in [0.05, 0.1) is 6.04 Å². The number of hydrogen-bond acceptors (Lipinski definition) is 3. The minimum Gasteiger partial charge on any atom is -0.334 e. The molecule has 1 atom stereocenters. The second-order valence-corrected chi connectivity index (χ2v) is 6.16. The van der Waals surface area contributed by atoms with Crippen molar-refractivity contribution in [2.45, 2.75) is 32.9 Å². The smallest absolute Gasteiger partial charge is 0.315 e. The monoisotopic (exact) mass is 331 g/mol. The lowest BCUT2D eigenvalue weighted by atomic mass is 10.2. The predicted octanol–water partition coefficient (Wildman–Crippen LogP) is 3.66. The van der Waals surface area contributed by atoms with Crippen LogP contribution in [0.4, 0.5) is 10.5 Å². The third-order valence-electron chi connectivity index (χ3n) is 3.30. The van der Waals surface area contributed by atoms with Gasteiger partial charge in [0.25, 0.3) is 0 Å². The summed E-state index contributed by atoms with van der Waals surface area (Å²) in [5.41, 5.74) is 1.65. The third kappa shape index (κ3) is 5.41. The maximum absolute atomic E-state index is 12.1. The number of amides is 3. The van der Waals surface area contributed by atoms with Gasteiger partial charge < -0.3 is 16.0 Å². The molecule has 3 N–H and O–H groups in total. The first kappa shape index (κ1) is 17.0. The molecule has 0 aliphatic rings. The van der Waals surface area contributed by atoms with E-state index in [0.717, 1.165) is 22.5 Å². The van der Waals surface area contributed by atoms with E-state index >= 15 is 0 Å². The minimum atomic E-state index is -0.199. The lowest BCUT2D eigenvalue weighted by Gasteiger charge is -2.16. The average molecular weight is 331 g/mol. The standard InChI is InChI=1S/C17H21N3O2S/c1-3-15(16-8-5-9-23-16)20-17(22)18-11-13-6-4-7-14(10-13)19-12(2)21/h4-10,15H,3,11H2,1-2H3,(H,19,21)(H2,18,20,22)/t15-/m0/s1. The first-order chi connectivity index (χ1) is 11.1. The number of rotatable bonds is 6. The van der Waals surface area contributed by atoms with E-state index in [9.17, 15) is 9.59 Å². The van der Waals surface area contributed by atoms with Gasteiger partial charge in [0, 0.05) is 24.0 Å². The van der Waals surface area contributed by atoms with Gasteiger partial charge in [-0.25, -0.2) is 4.79 Å². The van der Waals surface area contributed by atoms with Crippen LogP contribution in [0.15, 0.2) is 41.8 Å². The summed E-state index contributed by atoms with van der Waals surface area (Å²) >= 11 is 1.64. The molecule has 1 aromatic heterocycles. The Hall–Kier alpha value is -2.34. The number of hydrogen-bond donors (Lipinski definition) is 3. The summed E-state index contributed by atoms with van der Waals surface area (Å²) in [5.74, 6) is -0.116. The number of carbonyl (C=O) groups excluding carboxylic acids is 2. The molecule has 0 radical (unpaired) electrons. The van der Waals surface area contributed by atoms with Crippen LogP contribution in [-0.2, 0) is 11.3 Å². The molecule has 0 saturated heterocycles. The first-order valence-electron chi connectivity index (χ1n) is 7.52. The van der Waals surface area contributed by atoms with Crippen molar-refractivity contribution >= 4 is 29.0 Å². The number of thiophene rings is 1. The molecule has 0 aliphatic heterocycles. The van der Waals surface area contributed by atoms with Gasteiger partial charge in [-0.2, -0.15) is 0 Å². The van der Waals surface area contributed by atoms with Crippen molar-refractivity contribution in [3.8, 4) is 0 Å². The van der Waals surface area contributed by atoms with Crippen LogP contribution in [0.2, 0.25) is 0 Å². The highest BCUT2D eigenvalue weighted by atomic mass is 32.1. The fraction of sp³-hybridized carbons (Fsp3) is 0.294. The normalized spacial score (nSPS) is 11.6. The highest BCUT2D eigenvalue weighted by Crippen LogP contribution is 2.21. The maximum Gasteiger partial charge on any atom is 0.315 e. The molecule has 2 rings (SSSR count). The predicted molar refractivity (Wildman–Crippen MR) is 93.5 cm³/mol. The van der Waals surface area contributed by atoms with E-state index in [0.29, 0.717) is 6.54 Å². The Kier molecular flexibility index (Phi) is 6.17. The second-order valence-electron chi connectivity index (χ2n) is 5.18. The van der Waals surface area contributed by atoms with Crippen LogP contribution in [0.1, 0.15) is 36.8 Å². The summed E-state index contributed by atoms with van der Waals surface area (Å²) in [6, 6.07) is 11.2. The Morgan fingerprint density at radius 2 is 2.04 bits per heavy atom. The van der Waals surface area contributed by atoms with E-state index in [4.69, 9.17) is 0 Å². The molecule has 0 fully saturated rings. The van der Waals surface area contributed by atoms with Gasteiger partial charge in [-0.05, 0) is 35.6 Å². The Bertz CT molecular complexity index is 656. The van der Waals surface area contributed by atoms with Crippen molar-refractivity contribution in [3.05, 3.63) is 52.2 Å². The van der Waals surface area contributed by atoms with Crippen molar-refractivity contribution in [1.82, 2.24) is 10.6 Å². The second kappa shape index (κ2) is 8.33. The van der Waals surface area contributed by atoms with Crippen LogP contribution in [0, 0.1) is 0 Å². The quantitative estimate of drug-likeness (QED) is 0.756. The van der Waals surface area contributed by atoms with Gasteiger partial charge in [-0.15, -0.1) is 11.3 Å². The van der Waals surface area contributed by atoms with Gasteiger partial charge in [0.1, 0.15) is 0 Å². The van der Waals surface area contributed by atoms with E-state index in [2.05, 4.69) is 16.0 Å². The van der Waals surface area contributed by atoms with Gasteiger partial charge in [0.15, 0.2) is 0 Å². The molecule has 3 amide bonds. The molecule has 6 heteroatoms. The van der Waals surface area contributed by atoms with Gasteiger partial charge in [-0.3, -0.25) is 4.79 Å². The molecule has 5 nitrogen and oxygen atoms in total. The minimum absolute atomic E-state index is 0.0284. The Morgan fingerprint density at radius 1 is 1.22 bits per heavy atom. The fourth-order valence-corrected chi connectivity index (χ4v) is 3.08. The van der Waals surface area contributed by atoms with Crippen LogP contribution < -0.4 is 16.0 Å². The number of benzene rings is 1. The maximum atomic E-state index is 12.1. The summed E-state index contributed by atoms with van der Waals surface area (Å²) in [6.07, 6.45) is 0.839. The highest BCUT2D eigenvalue weighted by molar-refractivity contribution is 7.10. The molecule has 0 aliphatic carbocycles. The van der Waals surface area contributed by atoms with Crippen LogP contribution in [0.5, 0.6) is 0 Å². The van der Waals surface area contributed by atoms with Gasteiger partial charge in [-0.1, -0.05) is 25.1 Å². The van der Waals surface area contributed by atoms with E-state index in [1.807, 2.05) is 48.7 Å². The lowest BCUT2D eigenvalue weighted by Crippen LogP contribution is -2.37. The largest absolute Gasteiger partial charge is 0.334 e. The molecule has 23 heavy (non-hydrogen) atoms. The third-order valence-corrected chi connectivity index (χ3v) is 4.29. The van der Waals surface area contributed by atoms with Crippen LogP contribution in [0.25, 0.3) is 0 Å². The fourth-order valence-electron chi connectivity index (χ4n) is 2.22. The lowest BCUT2D eigenvalue weighted by molar-refractivity contribution is -0.114. The Balaban J connectivity index is 1.87. The van der Waals surface area contributed by atoms with Crippen molar-refractivity contribution in [2.24, 2.45) is 0 Å². The number of nitrogens with one attached hydrogen (secondary N) is 3. The zero-order valence-electron chi connectivity index (χ0n) is 13.3. The molecule has 0 spiro atoms. The average Bonchev–Trinajstić information content (AvgIpc) is 3.04.